The molecule has 0 heterocycles. The van der Waals surface area contributed by atoms with Crippen molar-refractivity contribution in [2.24, 2.45) is 0 Å². The van der Waals surface area contributed by atoms with E-state index >= 15 is 0 Å². The average Bonchev–Trinajstić information content (AvgIpc) is 2.26. The standard InChI is InChI=1S/C12H15FO2/c1-3-4-6-9-10(12(14)15-2)7-5-8-11(9)13/h5,7-8H,3-4,6H2,1-2H3. The van der Waals surface area contributed by atoms with Crippen molar-refractivity contribution in [2.75, 3.05) is 7.11 Å². The number of carbonyl (C=O) groups is 1. The molecule has 82 valence electrons. The molecule has 0 radical (unpaired) electrons. The molecule has 1 aromatic rings. The summed E-state index contributed by atoms with van der Waals surface area (Å²) in [4.78, 5) is 11.4. The summed E-state index contributed by atoms with van der Waals surface area (Å²) in [5.41, 5.74) is 0.803. The average molecular weight is 210 g/mol. The van der Waals surface area contributed by atoms with E-state index in [1.54, 1.807) is 6.07 Å². The minimum absolute atomic E-state index is 0.327. The number of methoxy groups -OCH3 is 1. The fourth-order valence-corrected chi connectivity index (χ4v) is 1.47. The van der Waals surface area contributed by atoms with E-state index in [1.807, 2.05) is 6.92 Å². The minimum atomic E-state index is -0.472. The highest BCUT2D eigenvalue weighted by Gasteiger charge is 2.14. The second-order valence-electron chi connectivity index (χ2n) is 3.36. The molecule has 2 nitrogen and oxygen atoms in total. The SMILES string of the molecule is CCCCc1c(F)cccc1C(=O)OC. The van der Waals surface area contributed by atoms with Gasteiger partial charge in [0.2, 0.25) is 0 Å². The van der Waals surface area contributed by atoms with Crippen molar-refractivity contribution in [3.05, 3.63) is 35.1 Å². The lowest BCUT2D eigenvalue weighted by Gasteiger charge is -2.08. The molecule has 1 aromatic carbocycles. The number of esters is 1. The predicted octanol–water partition coefficient (Wildman–Crippen LogP) is 2.95. The van der Waals surface area contributed by atoms with Gasteiger partial charge in [0.1, 0.15) is 5.82 Å². The number of benzene rings is 1. The number of ether oxygens (including phenoxy) is 1. The summed E-state index contributed by atoms with van der Waals surface area (Å²) < 4.78 is 18.1. The van der Waals surface area contributed by atoms with Crippen molar-refractivity contribution in [3.63, 3.8) is 0 Å². The maximum Gasteiger partial charge on any atom is 0.338 e. The van der Waals surface area contributed by atoms with Crippen molar-refractivity contribution >= 4 is 5.97 Å². The van der Waals surface area contributed by atoms with Crippen LogP contribution < -0.4 is 0 Å². The zero-order valence-electron chi connectivity index (χ0n) is 9.05. The molecular weight excluding hydrogens is 195 g/mol. The van der Waals surface area contributed by atoms with Crippen LogP contribution in [-0.2, 0) is 11.2 Å². The van der Waals surface area contributed by atoms with Crippen LogP contribution in [0.25, 0.3) is 0 Å². The van der Waals surface area contributed by atoms with Crippen LogP contribution in [0.5, 0.6) is 0 Å². The highest BCUT2D eigenvalue weighted by molar-refractivity contribution is 5.91. The van der Waals surface area contributed by atoms with Crippen molar-refractivity contribution in [1.82, 2.24) is 0 Å². The molecule has 0 spiro atoms. The molecule has 0 aromatic heterocycles. The van der Waals surface area contributed by atoms with E-state index in [0.29, 0.717) is 17.5 Å². The van der Waals surface area contributed by atoms with Crippen LogP contribution in [-0.4, -0.2) is 13.1 Å². The number of carbonyl (C=O) groups excluding carboxylic acids is 1. The molecule has 1 rings (SSSR count). The van der Waals surface area contributed by atoms with E-state index < -0.39 is 5.97 Å². The maximum absolute atomic E-state index is 13.5. The second-order valence-corrected chi connectivity index (χ2v) is 3.36. The summed E-state index contributed by atoms with van der Waals surface area (Å²) in [6, 6.07) is 4.49. The first-order chi connectivity index (χ1) is 7.20. The fourth-order valence-electron chi connectivity index (χ4n) is 1.47. The van der Waals surface area contributed by atoms with E-state index in [-0.39, 0.29) is 5.82 Å². The van der Waals surface area contributed by atoms with Crippen molar-refractivity contribution in [2.45, 2.75) is 26.2 Å². The molecule has 15 heavy (non-hydrogen) atoms. The van der Waals surface area contributed by atoms with Gasteiger partial charge < -0.3 is 4.74 Å². The molecule has 0 N–H and O–H groups in total. The Morgan fingerprint density at radius 1 is 1.47 bits per heavy atom. The van der Waals surface area contributed by atoms with Gasteiger partial charge in [0, 0.05) is 5.56 Å². The molecule has 0 amide bonds. The van der Waals surface area contributed by atoms with Gasteiger partial charge in [0.15, 0.2) is 0 Å². The lowest BCUT2D eigenvalue weighted by Crippen LogP contribution is -2.07. The normalized spacial score (nSPS) is 10.1. The van der Waals surface area contributed by atoms with E-state index in [1.165, 1.54) is 19.2 Å². The Hall–Kier alpha value is -1.38. The van der Waals surface area contributed by atoms with Crippen LogP contribution in [0.3, 0.4) is 0 Å². The summed E-state index contributed by atoms with van der Waals surface area (Å²) in [5, 5.41) is 0. The number of hydrogen-bond donors (Lipinski definition) is 0. The molecule has 0 saturated heterocycles. The number of rotatable bonds is 4. The summed E-state index contributed by atoms with van der Waals surface area (Å²) in [6.45, 7) is 2.03. The Labute approximate surface area is 89.1 Å². The van der Waals surface area contributed by atoms with Crippen LogP contribution in [0.2, 0.25) is 0 Å². The van der Waals surface area contributed by atoms with Gasteiger partial charge in [-0.2, -0.15) is 0 Å². The fraction of sp³-hybridized carbons (Fsp3) is 0.417. The van der Waals surface area contributed by atoms with Gasteiger partial charge in [-0.3, -0.25) is 0 Å². The highest BCUT2D eigenvalue weighted by atomic mass is 19.1. The molecule has 0 atom stereocenters. The molecule has 0 aliphatic carbocycles. The minimum Gasteiger partial charge on any atom is -0.465 e. The molecule has 0 aliphatic heterocycles. The van der Waals surface area contributed by atoms with E-state index in [2.05, 4.69) is 4.74 Å². The van der Waals surface area contributed by atoms with Gasteiger partial charge in [0.05, 0.1) is 12.7 Å². The highest BCUT2D eigenvalue weighted by Crippen LogP contribution is 2.17. The van der Waals surface area contributed by atoms with Gasteiger partial charge in [-0.25, -0.2) is 9.18 Å². The van der Waals surface area contributed by atoms with Crippen LogP contribution in [0, 0.1) is 5.82 Å². The largest absolute Gasteiger partial charge is 0.465 e. The Morgan fingerprint density at radius 2 is 2.20 bits per heavy atom. The molecule has 3 heteroatoms. The first-order valence-corrected chi connectivity index (χ1v) is 5.06. The van der Waals surface area contributed by atoms with Crippen LogP contribution in [0.15, 0.2) is 18.2 Å². The summed E-state index contributed by atoms with van der Waals surface area (Å²) >= 11 is 0. The van der Waals surface area contributed by atoms with E-state index in [4.69, 9.17) is 0 Å². The number of halogens is 1. The Morgan fingerprint density at radius 3 is 2.80 bits per heavy atom. The zero-order chi connectivity index (χ0) is 11.3. The van der Waals surface area contributed by atoms with Crippen LogP contribution in [0.1, 0.15) is 35.7 Å². The molecule has 0 bridgehead atoms. The Kier molecular flexibility index (Phi) is 4.28. The molecular formula is C12H15FO2. The first kappa shape index (κ1) is 11.7. The monoisotopic (exact) mass is 210 g/mol. The summed E-state index contributed by atoms with van der Waals surface area (Å²) in [7, 11) is 1.30. The Balaban J connectivity index is 3.03. The third kappa shape index (κ3) is 2.78. The lowest BCUT2D eigenvalue weighted by atomic mass is 10.0. The van der Waals surface area contributed by atoms with E-state index in [9.17, 15) is 9.18 Å². The molecule has 0 fully saturated rings. The quantitative estimate of drug-likeness (QED) is 0.714. The van der Waals surface area contributed by atoms with Crippen molar-refractivity contribution in [3.8, 4) is 0 Å². The van der Waals surface area contributed by atoms with Crippen LogP contribution >= 0.6 is 0 Å². The number of unbranched alkanes of at least 4 members (excludes halogenated alkanes) is 1. The van der Waals surface area contributed by atoms with Gasteiger partial charge in [0.25, 0.3) is 0 Å². The van der Waals surface area contributed by atoms with Gasteiger partial charge in [-0.1, -0.05) is 19.4 Å². The first-order valence-electron chi connectivity index (χ1n) is 5.06. The van der Waals surface area contributed by atoms with Crippen molar-refractivity contribution in [1.29, 1.82) is 0 Å². The third-order valence-corrected chi connectivity index (χ3v) is 2.30. The zero-order valence-corrected chi connectivity index (χ0v) is 9.05. The van der Waals surface area contributed by atoms with Gasteiger partial charge in [-0.05, 0) is 25.0 Å². The third-order valence-electron chi connectivity index (χ3n) is 2.30. The maximum atomic E-state index is 13.5. The second kappa shape index (κ2) is 5.49. The van der Waals surface area contributed by atoms with Crippen LogP contribution in [0.4, 0.5) is 4.39 Å². The number of hydrogen-bond acceptors (Lipinski definition) is 2. The summed E-state index contributed by atoms with van der Waals surface area (Å²) in [6.07, 6.45) is 2.41. The van der Waals surface area contributed by atoms with Gasteiger partial charge >= 0.3 is 5.97 Å². The Bertz CT molecular complexity index is 347. The summed E-state index contributed by atoms with van der Waals surface area (Å²) in [5.74, 6) is -0.799. The smallest absolute Gasteiger partial charge is 0.338 e. The van der Waals surface area contributed by atoms with Gasteiger partial charge in [-0.15, -0.1) is 0 Å². The lowest BCUT2D eigenvalue weighted by molar-refractivity contribution is 0.0598. The topological polar surface area (TPSA) is 26.3 Å². The molecule has 0 unspecified atom stereocenters. The molecule has 0 saturated carbocycles. The predicted molar refractivity (Wildman–Crippen MR) is 56.4 cm³/mol. The van der Waals surface area contributed by atoms with E-state index in [0.717, 1.165) is 12.8 Å². The van der Waals surface area contributed by atoms with Crippen molar-refractivity contribution < 1.29 is 13.9 Å². The molecule has 0 aliphatic rings.